The van der Waals surface area contributed by atoms with Crippen LogP contribution in [0, 0.1) is 0 Å². The van der Waals surface area contributed by atoms with Crippen LogP contribution in [0.15, 0.2) is 24.3 Å². The van der Waals surface area contributed by atoms with E-state index in [4.69, 9.17) is 0 Å². The molecule has 1 amide bonds. The highest BCUT2D eigenvalue weighted by molar-refractivity contribution is 5.72. The van der Waals surface area contributed by atoms with Crippen molar-refractivity contribution in [2.75, 3.05) is 6.54 Å². The Kier molecular flexibility index (Phi) is 5.99. The Morgan fingerprint density at radius 2 is 1.79 bits per heavy atom. The van der Waals surface area contributed by atoms with Crippen molar-refractivity contribution in [3.05, 3.63) is 35.4 Å². The summed E-state index contributed by atoms with van der Waals surface area (Å²) in [5.41, 5.74) is 1.79. The summed E-state index contributed by atoms with van der Waals surface area (Å²) in [6, 6.07) is 7.57. The molecule has 4 heteroatoms. The lowest BCUT2D eigenvalue weighted by molar-refractivity contribution is -0.119. The normalized spacial score (nSPS) is 14.2. The Balaban J connectivity index is 2.71. The largest absolute Gasteiger partial charge is 0.390 e. The Labute approximate surface area is 114 Å². The minimum absolute atomic E-state index is 0.135. The molecule has 2 atom stereocenters. The zero-order chi connectivity index (χ0) is 14.4. The molecule has 1 rings (SSSR count). The molecule has 106 valence electrons. The summed E-state index contributed by atoms with van der Waals surface area (Å²) >= 11 is 0. The first-order valence-corrected chi connectivity index (χ1v) is 6.63. The molecule has 2 unspecified atom stereocenters. The summed E-state index contributed by atoms with van der Waals surface area (Å²) in [7, 11) is 0. The Morgan fingerprint density at radius 3 is 2.32 bits per heavy atom. The lowest BCUT2D eigenvalue weighted by Gasteiger charge is -2.22. The first kappa shape index (κ1) is 15.7. The number of aliphatic hydroxyl groups is 2. The number of carbonyl (C=O) groups is 1. The Morgan fingerprint density at radius 1 is 1.21 bits per heavy atom. The van der Waals surface area contributed by atoms with Gasteiger partial charge in [0.2, 0.25) is 5.91 Å². The molecular weight excluding hydrogens is 242 g/mol. The molecule has 0 heterocycles. The second-order valence-electron chi connectivity index (χ2n) is 5.07. The van der Waals surface area contributed by atoms with E-state index >= 15 is 0 Å². The van der Waals surface area contributed by atoms with Crippen LogP contribution in [0.25, 0.3) is 0 Å². The number of benzene rings is 1. The smallest absolute Gasteiger partial charge is 0.216 e. The molecule has 0 aliphatic carbocycles. The first-order chi connectivity index (χ1) is 8.93. The molecule has 19 heavy (non-hydrogen) atoms. The summed E-state index contributed by atoms with van der Waals surface area (Å²) < 4.78 is 0. The van der Waals surface area contributed by atoms with Crippen LogP contribution in [0.4, 0.5) is 0 Å². The second kappa shape index (κ2) is 7.26. The van der Waals surface area contributed by atoms with Crippen molar-refractivity contribution in [1.82, 2.24) is 5.32 Å². The SMILES string of the molecule is CC(=O)NCCC(O)C(O)c1ccccc1C(C)C. The monoisotopic (exact) mass is 265 g/mol. The van der Waals surface area contributed by atoms with Crippen LogP contribution in [0.3, 0.4) is 0 Å². The van der Waals surface area contributed by atoms with Gasteiger partial charge < -0.3 is 15.5 Å². The fourth-order valence-corrected chi connectivity index (χ4v) is 2.07. The zero-order valence-corrected chi connectivity index (χ0v) is 11.8. The van der Waals surface area contributed by atoms with Gasteiger partial charge in [-0.25, -0.2) is 0 Å². The molecule has 0 aromatic heterocycles. The maximum Gasteiger partial charge on any atom is 0.216 e. The lowest BCUT2D eigenvalue weighted by Crippen LogP contribution is -2.28. The summed E-state index contributed by atoms with van der Waals surface area (Å²) in [4.78, 5) is 10.8. The molecule has 1 aromatic rings. The van der Waals surface area contributed by atoms with E-state index in [1.54, 1.807) is 0 Å². The van der Waals surface area contributed by atoms with E-state index in [-0.39, 0.29) is 11.8 Å². The van der Waals surface area contributed by atoms with Crippen LogP contribution in [0.2, 0.25) is 0 Å². The number of nitrogens with one attached hydrogen (secondary N) is 1. The van der Waals surface area contributed by atoms with Crippen LogP contribution < -0.4 is 5.32 Å². The number of aliphatic hydroxyl groups excluding tert-OH is 2. The molecule has 0 saturated heterocycles. The summed E-state index contributed by atoms with van der Waals surface area (Å²) in [5, 5.41) is 22.8. The van der Waals surface area contributed by atoms with Gasteiger partial charge in [0.05, 0.1) is 6.10 Å². The van der Waals surface area contributed by atoms with Gasteiger partial charge in [-0.3, -0.25) is 4.79 Å². The molecule has 1 aromatic carbocycles. The van der Waals surface area contributed by atoms with Gasteiger partial charge in [-0.05, 0) is 23.5 Å². The summed E-state index contributed by atoms with van der Waals surface area (Å²) in [5.74, 6) is 0.151. The van der Waals surface area contributed by atoms with Crippen LogP contribution in [-0.4, -0.2) is 28.8 Å². The molecular formula is C15H23NO3. The Hall–Kier alpha value is -1.39. The van der Waals surface area contributed by atoms with Gasteiger partial charge in [-0.15, -0.1) is 0 Å². The highest BCUT2D eigenvalue weighted by Crippen LogP contribution is 2.27. The molecule has 0 bridgehead atoms. The lowest BCUT2D eigenvalue weighted by atomic mass is 9.91. The van der Waals surface area contributed by atoms with Crippen LogP contribution >= 0.6 is 0 Å². The van der Waals surface area contributed by atoms with Gasteiger partial charge in [0, 0.05) is 13.5 Å². The molecule has 0 aliphatic heterocycles. The number of hydrogen-bond acceptors (Lipinski definition) is 3. The average molecular weight is 265 g/mol. The van der Waals surface area contributed by atoms with Gasteiger partial charge >= 0.3 is 0 Å². The van der Waals surface area contributed by atoms with E-state index in [9.17, 15) is 15.0 Å². The molecule has 0 saturated carbocycles. The second-order valence-corrected chi connectivity index (χ2v) is 5.07. The van der Waals surface area contributed by atoms with Crippen LogP contribution in [-0.2, 0) is 4.79 Å². The standard InChI is InChI=1S/C15H23NO3/c1-10(2)12-6-4-5-7-13(12)15(19)14(18)8-9-16-11(3)17/h4-7,10,14-15,18-19H,8-9H2,1-3H3,(H,16,17). The van der Waals surface area contributed by atoms with Crippen molar-refractivity contribution >= 4 is 5.91 Å². The first-order valence-electron chi connectivity index (χ1n) is 6.63. The van der Waals surface area contributed by atoms with Crippen molar-refractivity contribution in [3.8, 4) is 0 Å². The predicted molar refractivity (Wildman–Crippen MR) is 74.8 cm³/mol. The third-order valence-corrected chi connectivity index (χ3v) is 3.12. The van der Waals surface area contributed by atoms with Crippen molar-refractivity contribution in [3.63, 3.8) is 0 Å². The van der Waals surface area contributed by atoms with E-state index in [0.717, 1.165) is 11.1 Å². The minimum Gasteiger partial charge on any atom is -0.390 e. The van der Waals surface area contributed by atoms with Crippen molar-refractivity contribution in [1.29, 1.82) is 0 Å². The van der Waals surface area contributed by atoms with Crippen LogP contribution in [0.5, 0.6) is 0 Å². The maximum atomic E-state index is 10.8. The van der Waals surface area contributed by atoms with E-state index in [1.165, 1.54) is 6.92 Å². The predicted octanol–water partition coefficient (Wildman–Crippen LogP) is 1.73. The van der Waals surface area contributed by atoms with Gasteiger partial charge in [0.25, 0.3) is 0 Å². The fraction of sp³-hybridized carbons (Fsp3) is 0.533. The third kappa shape index (κ3) is 4.65. The highest BCUT2D eigenvalue weighted by Gasteiger charge is 2.21. The third-order valence-electron chi connectivity index (χ3n) is 3.12. The molecule has 3 N–H and O–H groups in total. The van der Waals surface area contributed by atoms with Gasteiger partial charge in [0.1, 0.15) is 6.10 Å². The van der Waals surface area contributed by atoms with Crippen molar-refractivity contribution < 1.29 is 15.0 Å². The van der Waals surface area contributed by atoms with E-state index in [0.29, 0.717) is 13.0 Å². The van der Waals surface area contributed by atoms with Gasteiger partial charge in [0.15, 0.2) is 0 Å². The fourth-order valence-electron chi connectivity index (χ4n) is 2.07. The van der Waals surface area contributed by atoms with E-state index < -0.39 is 12.2 Å². The van der Waals surface area contributed by atoms with Gasteiger partial charge in [-0.1, -0.05) is 38.1 Å². The Bertz CT molecular complexity index is 418. The van der Waals surface area contributed by atoms with E-state index in [1.807, 2.05) is 24.3 Å². The molecule has 0 radical (unpaired) electrons. The number of amides is 1. The summed E-state index contributed by atoms with van der Waals surface area (Å²) in [6.07, 6.45) is -1.48. The topological polar surface area (TPSA) is 69.6 Å². The molecule has 0 spiro atoms. The average Bonchev–Trinajstić information content (AvgIpc) is 2.37. The van der Waals surface area contributed by atoms with E-state index in [2.05, 4.69) is 19.2 Å². The number of hydrogen-bond donors (Lipinski definition) is 3. The van der Waals surface area contributed by atoms with Crippen molar-refractivity contribution in [2.24, 2.45) is 0 Å². The van der Waals surface area contributed by atoms with Crippen molar-refractivity contribution in [2.45, 2.75) is 45.3 Å². The number of rotatable bonds is 6. The van der Waals surface area contributed by atoms with Crippen LogP contribution in [0.1, 0.15) is 50.3 Å². The van der Waals surface area contributed by atoms with Gasteiger partial charge in [-0.2, -0.15) is 0 Å². The maximum absolute atomic E-state index is 10.8. The highest BCUT2D eigenvalue weighted by atomic mass is 16.3. The molecule has 0 aliphatic rings. The molecule has 4 nitrogen and oxygen atoms in total. The zero-order valence-electron chi connectivity index (χ0n) is 11.8. The molecule has 0 fully saturated rings. The quantitative estimate of drug-likeness (QED) is 0.733. The number of carbonyl (C=O) groups excluding carboxylic acids is 1. The minimum atomic E-state index is -0.924. The summed E-state index contributed by atoms with van der Waals surface area (Å²) in [6.45, 7) is 5.89.